The summed E-state index contributed by atoms with van der Waals surface area (Å²) >= 11 is 0. The number of morpholine rings is 1. The first-order valence-electron chi connectivity index (χ1n) is 8.87. The highest BCUT2D eigenvalue weighted by Gasteiger charge is 2.33. The molecule has 1 fully saturated rings. The van der Waals surface area contributed by atoms with Crippen molar-refractivity contribution in [2.45, 2.75) is 11.1 Å². The largest absolute Gasteiger partial charge is 0.369 e. The Bertz CT molecular complexity index is 1100. The van der Waals surface area contributed by atoms with Crippen LogP contribution in [-0.2, 0) is 21.8 Å². The van der Waals surface area contributed by atoms with Gasteiger partial charge < -0.3 is 14.6 Å². The van der Waals surface area contributed by atoms with Gasteiger partial charge in [0.2, 0.25) is 0 Å². The predicted octanol–water partition coefficient (Wildman–Crippen LogP) is 1.85. The summed E-state index contributed by atoms with van der Waals surface area (Å²) in [4.78, 5) is 12.4. The molecule has 0 aromatic carbocycles. The molecule has 1 aliphatic heterocycles. The second-order valence-corrected chi connectivity index (χ2v) is 8.42. The van der Waals surface area contributed by atoms with Crippen molar-refractivity contribution in [3.8, 4) is 0 Å². The molecule has 1 N–H and O–H groups in total. The van der Waals surface area contributed by atoms with E-state index in [2.05, 4.69) is 20.3 Å². The second-order valence-electron chi connectivity index (χ2n) is 6.53. The van der Waals surface area contributed by atoms with Crippen LogP contribution in [-0.4, -0.2) is 51.9 Å². The van der Waals surface area contributed by atoms with E-state index in [1.807, 2.05) is 0 Å². The van der Waals surface area contributed by atoms with Crippen LogP contribution in [0, 0.1) is 5.82 Å². The predicted molar refractivity (Wildman–Crippen MR) is 102 cm³/mol. The Kier molecular flexibility index (Phi) is 5.26. The monoisotopic (exact) mass is 418 g/mol. The molecule has 0 aliphatic carbocycles. The van der Waals surface area contributed by atoms with Crippen molar-refractivity contribution < 1.29 is 17.5 Å². The lowest BCUT2D eigenvalue weighted by Crippen LogP contribution is -2.42. The molecular formula is C18H19FN6O3S. The smallest absolute Gasteiger partial charge is 0.262 e. The molecule has 0 radical (unpaired) electrons. The molecule has 9 nitrogen and oxygen atoms in total. The fraction of sp³-hybridized carbons (Fsp3) is 0.278. The molecule has 1 saturated heterocycles. The highest BCUT2D eigenvalue weighted by molar-refractivity contribution is 7.89. The zero-order chi connectivity index (χ0) is 20.4. The number of hydrogen-bond acceptors (Lipinski definition) is 7. The minimum absolute atomic E-state index is 0.00594. The summed E-state index contributed by atoms with van der Waals surface area (Å²) in [6, 6.07) is 8.08. The van der Waals surface area contributed by atoms with E-state index in [1.54, 1.807) is 29.8 Å². The van der Waals surface area contributed by atoms with Gasteiger partial charge in [0, 0.05) is 26.3 Å². The minimum Gasteiger partial charge on any atom is -0.369 e. The maximum Gasteiger partial charge on any atom is 0.262 e. The molecule has 0 bridgehead atoms. The van der Waals surface area contributed by atoms with E-state index in [4.69, 9.17) is 4.74 Å². The normalized spacial score (nSPS) is 17.9. The van der Waals surface area contributed by atoms with Crippen molar-refractivity contribution >= 4 is 21.7 Å². The number of nitrogens with zero attached hydrogens (tertiary/aromatic N) is 5. The van der Waals surface area contributed by atoms with E-state index in [-0.39, 0.29) is 24.7 Å². The molecule has 152 valence electrons. The van der Waals surface area contributed by atoms with Crippen molar-refractivity contribution in [1.82, 2.24) is 23.8 Å². The van der Waals surface area contributed by atoms with Gasteiger partial charge in [-0.15, -0.1) is 0 Å². The van der Waals surface area contributed by atoms with Crippen LogP contribution in [0.1, 0.15) is 11.8 Å². The Balaban J connectivity index is 1.52. The SMILES string of the molecule is Cn1cnc(S(=O)(=O)N2CCO[C@@H](c3cccc(Nc4ccc(F)cn4)n3)C2)c1. The molecule has 11 heteroatoms. The summed E-state index contributed by atoms with van der Waals surface area (Å²) in [7, 11) is -2.00. The number of nitrogens with one attached hydrogen (secondary N) is 1. The van der Waals surface area contributed by atoms with Crippen LogP contribution in [0.2, 0.25) is 0 Å². The molecule has 3 aromatic rings. The Hall–Kier alpha value is -2.89. The van der Waals surface area contributed by atoms with Gasteiger partial charge in [-0.2, -0.15) is 4.31 Å². The van der Waals surface area contributed by atoms with E-state index in [1.165, 1.54) is 29.0 Å². The van der Waals surface area contributed by atoms with Crippen molar-refractivity contribution in [2.75, 3.05) is 25.0 Å². The number of ether oxygens (including phenoxy) is 1. The van der Waals surface area contributed by atoms with Gasteiger partial charge in [-0.1, -0.05) is 6.07 Å². The fourth-order valence-electron chi connectivity index (χ4n) is 2.96. The zero-order valence-electron chi connectivity index (χ0n) is 15.6. The third kappa shape index (κ3) is 4.26. The lowest BCUT2D eigenvalue weighted by Gasteiger charge is -2.31. The Morgan fingerprint density at radius 1 is 1.21 bits per heavy atom. The molecule has 4 heterocycles. The summed E-state index contributed by atoms with van der Waals surface area (Å²) in [6.45, 7) is 0.618. The number of sulfonamides is 1. The lowest BCUT2D eigenvalue weighted by molar-refractivity contribution is -0.00492. The summed E-state index contributed by atoms with van der Waals surface area (Å²) in [5, 5.41) is 3.00. The van der Waals surface area contributed by atoms with Gasteiger partial charge in [0.25, 0.3) is 10.0 Å². The summed E-state index contributed by atoms with van der Waals surface area (Å²) in [5.41, 5.74) is 0.582. The molecule has 4 rings (SSSR count). The van der Waals surface area contributed by atoms with Crippen LogP contribution in [0.3, 0.4) is 0 Å². The number of aromatic nitrogens is 4. The fourth-order valence-corrected chi connectivity index (χ4v) is 4.35. The average molecular weight is 418 g/mol. The molecule has 3 aromatic heterocycles. The van der Waals surface area contributed by atoms with Crippen LogP contribution >= 0.6 is 0 Å². The first-order chi connectivity index (χ1) is 13.9. The third-order valence-corrected chi connectivity index (χ3v) is 6.15. The maximum absolute atomic E-state index is 13.0. The van der Waals surface area contributed by atoms with Crippen molar-refractivity contribution in [3.05, 3.63) is 60.6 Å². The minimum atomic E-state index is -3.71. The number of rotatable bonds is 5. The highest BCUT2D eigenvalue weighted by Crippen LogP contribution is 2.26. The summed E-state index contributed by atoms with van der Waals surface area (Å²) in [6.07, 6.45) is 3.50. The number of anilines is 2. The quantitative estimate of drug-likeness (QED) is 0.675. The van der Waals surface area contributed by atoms with E-state index in [0.717, 1.165) is 6.20 Å². The van der Waals surface area contributed by atoms with E-state index in [9.17, 15) is 12.8 Å². The first-order valence-corrected chi connectivity index (χ1v) is 10.3. The molecule has 0 saturated carbocycles. The Labute approximate surface area is 167 Å². The first kappa shape index (κ1) is 19.4. The number of pyridine rings is 2. The van der Waals surface area contributed by atoms with Crippen LogP contribution in [0.5, 0.6) is 0 Å². The number of halogens is 1. The topological polar surface area (TPSA) is 102 Å². The van der Waals surface area contributed by atoms with Crippen molar-refractivity contribution in [1.29, 1.82) is 0 Å². The van der Waals surface area contributed by atoms with Crippen LogP contribution in [0.15, 0.2) is 54.1 Å². The molecular weight excluding hydrogens is 399 g/mol. The standard InChI is InChI=1S/C18H19FN6O3S/c1-24-11-18(21-12-24)29(26,27)25-7-8-28-15(10-25)14-3-2-4-17(22-14)23-16-6-5-13(19)9-20-16/h2-6,9,11-12,15H,7-8,10H2,1H3,(H,20,22,23)/t15-/m1/s1. The molecule has 1 atom stereocenters. The molecule has 0 spiro atoms. The average Bonchev–Trinajstić information content (AvgIpc) is 3.17. The second kappa shape index (κ2) is 7.85. The number of aryl methyl sites for hydroxylation is 1. The lowest BCUT2D eigenvalue weighted by atomic mass is 10.2. The summed E-state index contributed by atoms with van der Waals surface area (Å²) < 4.78 is 47.4. The zero-order valence-corrected chi connectivity index (χ0v) is 16.4. The van der Waals surface area contributed by atoms with Gasteiger partial charge in [-0.25, -0.2) is 27.8 Å². The van der Waals surface area contributed by atoms with Gasteiger partial charge in [-0.3, -0.25) is 0 Å². The molecule has 1 aliphatic rings. The van der Waals surface area contributed by atoms with Gasteiger partial charge in [0.15, 0.2) is 5.03 Å². The maximum atomic E-state index is 13.0. The highest BCUT2D eigenvalue weighted by atomic mass is 32.2. The Morgan fingerprint density at radius 3 is 2.79 bits per heavy atom. The molecule has 0 unspecified atom stereocenters. The van der Waals surface area contributed by atoms with Gasteiger partial charge in [-0.05, 0) is 24.3 Å². The molecule has 29 heavy (non-hydrogen) atoms. The molecule has 0 amide bonds. The van der Waals surface area contributed by atoms with Crippen LogP contribution < -0.4 is 5.32 Å². The number of hydrogen-bond donors (Lipinski definition) is 1. The van der Waals surface area contributed by atoms with Gasteiger partial charge in [0.05, 0.1) is 24.8 Å². The third-order valence-electron chi connectivity index (χ3n) is 4.40. The van der Waals surface area contributed by atoms with Crippen molar-refractivity contribution in [3.63, 3.8) is 0 Å². The van der Waals surface area contributed by atoms with E-state index < -0.39 is 21.9 Å². The Morgan fingerprint density at radius 2 is 2.07 bits per heavy atom. The van der Waals surface area contributed by atoms with Crippen LogP contribution in [0.4, 0.5) is 16.0 Å². The van der Waals surface area contributed by atoms with Crippen LogP contribution in [0.25, 0.3) is 0 Å². The number of imidazole rings is 1. The van der Waals surface area contributed by atoms with E-state index in [0.29, 0.717) is 17.3 Å². The van der Waals surface area contributed by atoms with Crippen molar-refractivity contribution in [2.24, 2.45) is 7.05 Å². The summed E-state index contributed by atoms with van der Waals surface area (Å²) in [5.74, 6) is 0.511. The van der Waals surface area contributed by atoms with E-state index >= 15 is 0 Å². The van der Waals surface area contributed by atoms with Gasteiger partial charge in [0.1, 0.15) is 23.6 Å². The van der Waals surface area contributed by atoms with Gasteiger partial charge >= 0.3 is 0 Å².